The highest BCUT2D eigenvalue weighted by Gasteiger charge is 2.21. The Labute approximate surface area is 161 Å². The summed E-state index contributed by atoms with van der Waals surface area (Å²) in [5.41, 5.74) is 2.31. The van der Waals surface area contributed by atoms with E-state index in [2.05, 4.69) is 13.5 Å². The molecule has 0 spiro atoms. The number of benzene rings is 2. The number of methoxy groups -OCH3 is 1. The van der Waals surface area contributed by atoms with Gasteiger partial charge in [-0.15, -0.1) is 0 Å². The van der Waals surface area contributed by atoms with Gasteiger partial charge in [0.2, 0.25) is 0 Å². The van der Waals surface area contributed by atoms with Crippen LogP contribution in [0.2, 0.25) is 0 Å². The molecule has 0 heterocycles. The predicted octanol–water partition coefficient (Wildman–Crippen LogP) is 5.35. The molecular weight excluding hydrogens is 340 g/mol. The maximum atomic E-state index is 12.9. The van der Waals surface area contributed by atoms with E-state index < -0.39 is 0 Å². The van der Waals surface area contributed by atoms with Gasteiger partial charge in [0.25, 0.3) is 0 Å². The number of carbonyl (C=O) groups is 1. The lowest BCUT2D eigenvalue weighted by molar-refractivity contribution is 0.0467. The van der Waals surface area contributed by atoms with Gasteiger partial charge in [0, 0.05) is 6.07 Å². The van der Waals surface area contributed by atoms with E-state index in [-0.39, 0.29) is 12.6 Å². The van der Waals surface area contributed by atoms with Crippen molar-refractivity contribution in [2.45, 2.75) is 39.2 Å². The van der Waals surface area contributed by atoms with Gasteiger partial charge in [0.15, 0.2) is 0 Å². The van der Waals surface area contributed by atoms with Crippen molar-refractivity contribution in [1.82, 2.24) is 0 Å². The molecule has 0 aromatic heterocycles. The van der Waals surface area contributed by atoms with Gasteiger partial charge in [-0.2, -0.15) is 0 Å². The number of hydrogen-bond donors (Lipinski definition) is 0. The monoisotopic (exact) mass is 368 g/mol. The quantitative estimate of drug-likeness (QED) is 0.305. The predicted molar refractivity (Wildman–Crippen MR) is 107 cm³/mol. The minimum atomic E-state index is -0.382. The van der Waals surface area contributed by atoms with Crippen LogP contribution in [0.3, 0.4) is 0 Å². The Morgan fingerprint density at radius 3 is 2.59 bits per heavy atom. The van der Waals surface area contributed by atoms with Crippen molar-refractivity contribution in [3.8, 4) is 11.5 Å². The van der Waals surface area contributed by atoms with Gasteiger partial charge < -0.3 is 14.2 Å². The minimum absolute atomic E-state index is 0.223. The second-order valence-electron chi connectivity index (χ2n) is 6.28. The fourth-order valence-corrected chi connectivity index (χ4v) is 2.82. The van der Waals surface area contributed by atoms with Gasteiger partial charge in [-0.05, 0) is 30.0 Å². The molecule has 2 aromatic rings. The van der Waals surface area contributed by atoms with E-state index in [9.17, 15) is 4.79 Å². The van der Waals surface area contributed by atoms with E-state index in [0.29, 0.717) is 23.7 Å². The van der Waals surface area contributed by atoms with Crippen LogP contribution in [-0.4, -0.2) is 19.7 Å². The lowest BCUT2D eigenvalue weighted by Gasteiger charge is -2.16. The lowest BCUT2D eigenvalue weighted by Crippen LogP contribution is -2.12. The average molecular weight is 368 g/mol. The summed E-state index contributed by atoms with van der Waals surface area (Å²) in [5, 5.41) is 0. The molecule has 4 heteroatoms. The minimum Gasteiger partial charge on any atom is -0.497 e. The van der Waals surface area contributed by atoms with Crippen LogP contribution in [0.4, 0.5) is 0 Å². The van der Waals surface area contributed by atoms with Crippen molar-refractivity contribution >= 4 is 5.97 Å². The molecule has 0 radical (unpaired) electrons. The smallest absolute Gasteiger partial charge is 0.342 e. The van der Waals surface area contributed by atoms with Crippen LogP contribution in [0, 0.1) is 0 Å². The van der Waals surface area contributed by atoms with Crippen molar-refractivity contribution in [1.29, 1.82) is 0 Å². The van der Waals surface area contributed by atoms with Crippen LogP contribution in [0.25, 0.3) is 0 Å². The first-order valence-corrected chi connectivity index (χ1v) is 9.35. The van der Waals surface area contributed by atoms with E-state index in [1.165, 1.54) is 0 Å². The topological polar surface area (TPSA) is 44.8 Å². The Kier molecular flexibility index (Phi) is 8.43. The summed E-state index contributed by atoms with van der Waals surface area (Å²) in [6.07, 6.45) is 5.61. The number of rotatable bonds is 11. The van der Waals surface area contributed by atoms with Crippen molar-refractivity contribution in [3.63, 3.8) is 0 Å². The Balaban J connectivity index is 2.29. The summed E-state index contributed by atoms with van der Waals surface area (Å²) >= 11 is 0. The molecule has 0 N–H and O–H groups in total. The fraction of sp³-hybridized carbons (Fsp3) is 0.348. The average Bonchev–Trinajstić information content (AvgIpc) is 2.71. The molecule has 2 rings (SSSR count). The molecule has 144 valence electrons. The van der Waals surface area contributed by atoms with Crippen LogP contribution < -0.4 is 9.47 Å². The van der Waals surface area contributed by atoms with E-state index >= 15 is 0 Å². The van der Waals surface area contributed by atoms with Gasteiger partial charge in [-0.3, -0.25) is 0 Å². The summed E-state index contributed by atoms with van der Waals surface area (Å²) in [6, 6.07) is 13.3. The third-order valence-electron chi connectivity index (χ3n) is 4.22. The third kappa shape index (κ3) is 6.17. The number of carbonyl (C=O) groups excluding carboxylic acids is 1. The number of esters is 1. The standard InChI is InChI=1S/C23H28O4/c1-4-6-8-13-19-15-20(25-3)16-21(26-14-5-2)22(19)23(24)27-17-18-11-9-7-10-12-18/h5,7,9-12,15-16H,2,4,6,8,13-14,17H2,1,3H3. The zero-order valence-corrected chi connectivity index (χ0v) is 16.2. The molecule has 27 heavy (non-hydrogen) atoms. The Bertz CT molecular complexity index is 738. The maximum Gasteiger partial charge on any atom is 0.342 e. The first kappa shape index (κ1) is 20.6. The van der Waals surface area contributed by atoms with Gasteiger partial charge >= 0.3 is 5.97 Å². The summed E-state index contributed by atoms with van der Waals surface area (Å²) in [7, 11) is 1.61. The van der Waals surface area contributed by atoms with Crippen LogP contribution in [-0.2, 0) is 17.8 Å². The number of unbranched alkanes of at least 4 members (excludes halogenated alkanes) is 2. The fourth-order valence-electron chi connectivity index (χ4n) is 2.82. The summed E-state index contributed by atoms with van der Waals surface area (Å²) in [4.78, 5) is 12.9. The summed E-state index contributed by atoms with van der Waals surface area (Å²) in [6.45, 7) is 6.36. The van der Waals surface area contributed by atoms with E-state index in [4.69, 9.17) is 14.2 Å². The Hall–Kier alpha value is -2.75. The zero-order valence-electron chi connectivity index (χ0n) is 16.2. The molecule has 4 nitrogen and oxygen atoms in total. The molecule has 0 amide bonds. The van der Waals surface area contributed by atoms with Crippen molar-refractivity contribution < 1.29 is 19.0 Å². The normalized spacial score (nSPS) is 10.3. The molecule has 0 fully saturated rings. The highest BCUT2D eigenvalue weighted by Crippen LogP contribution is 2.31. The summed E-state index contributed by atoms with van der Waals surface area (Å²) in [5.74, 6) is 0.756. The van der Waals surface area contributed by atoms with Crippen LogP contribution in [0.15, 0.2) is 55.1 Å². The zero-order chi connectivity index (χ0) is 19.5. The van der Waals surface area contributed by atoms with Crippen molar-refractivity contribution in [2.24, 2.45) is 0 Å². The van der Waals surface area contributed by atoms with Gasteiger partial charge in [0.1, 0.15) is 30.3 Å². The molecule has 0 unspecified atom stereocenters. The van der Waals surface area contributed by atoms with E-state index in [1.54, 1.807) is 19.3 Å². The highest BCUT2D eigenvalue weighted by molar-refractivity contribution is 5.94. The number of aryl methyl sites for hydroxylation is 1. The first-order chi connectivity index (χ1) is 13.2. The van der Waals surface area contributed by atoms with E-state index in [0.717, 1.165) is 36.8 Å². The van der Waals surface area contributed by atoms with E-state index in [1.807, 2.05) is 36.4 Å². The van der Waals surface area contributed by atoms with Crippen molar-refractivity contribution in [3.05, 3.63) is 71.8 Å². The molecule has 0 aliphatic rings. The van der Waals surface area contributed by atoms with Crippen molar-refractivity contribution in [2.75, 3.05) is 13.7 Å². The number of ether oxygens (including phenoxy) is 3. The van der Waals surface area contributed by atoms with Crippen LogP contribution >= 0.6 is 0 Å². The second kappa shape index (κ2) is 11.1. The molecule has 0 aliphatic carbocycles. The molecule has 2 aromatic carbocycles. The van der Waals surface area contributed by atoms with Gasteiger partial charge in [-0.25, -0.2) is 4.79 Å². The molecule has 0 bridgehead atoms. The van der Waals surface area contributed by atoms with Gasteiger partial charge in [0.05, 0.1) is 7.11 Å². The molecule has 0 atom stereocenters. The molecule has 0 aliphatic heterocycles. The highest BCUT2D eigenvalue weighted by atomic mass is 16.5. The largest absolute Gasteiger partial charge is 0.497 e. The first-order valence-electron chi connectivity index (χ1n) is 9.35. The lowest BCUT2D eigenvalue weighted by atomic mass is 9.99. The van der Waals surface area contributed by atoms with Crippen LogP contribution in [0.1, 0.15) is 47.7 Å². The molecule has 0 saturated carbocycles. The number of hydrogen-bond acceptors (Lipinski definition) is 4. The molecule has 0 saturated heterocycles. The SMILES string of the molecule is C=CCOc1cc(OC)cc(CCCCC)c1C(=O)OCc1ccccc1. The summed E-state index contributed by atoms with van der Waals surface area (Å²) < 4.78 is 16.7. The molecular formula is C23H28O4. The Morgan fingerprint density at radius 2 is 1.93 bits per heavy atom. The maximum absolute atomic E-state index is 12.9. The van der Waals surface area contributed by atoms with Crippen LogP contribution in [0.5, 0.6) is 11.5 Å². The third-order valence-corrected chi connectivity index (χ3v) is 4.22. The Morgan fingerprint density at radius 1 is 1.15 bits per heavy atom. The van der Waals surface area contributed by atoms with Gasteiger partial charge in [-0.1, -0.05) is 62.8 Å². The second-order valence-corrected chi connectivity index (χ2v) is 6.28.